The van der Waals surface area contributed by atoms with Crippen molar-refractivity contribution in [1.82, 2.24) is 0 Å². The highest BCUT2D eigenvalue weighted by molar-refractivity contribution is 6.99. The van der Waals surface area contributed by atoms with Gasteiger partial charge in [-0.3, -0.25) is 0 Å². The molecule has 0 spiro atoms. The largest absolute Gasteiger partial charge is 0.407 e. The van der Waals surface area contributed by atoms with Gasteiger partial charge >= 0.3 is 0 Å². The van der Waals surface area contributed by atoms with Gasteiger partial charge in [0.05, 0.1) is 6.10 Å². The van der Waals surface area contributed by atoms with E-state index in [1.807, 2.05) is 0 Å². The molecule has 1 heterocycles. The molecule has 0 N–H and O–H groups in total. The molecule has 2 aromatic carbocycles. The number of epoxide rings is 1. The van der Waals surface area contributed by atoms with E-state index in [9.17, 15) is 0 Å². The van der Waals surface area contributed by atoms with Gasteiger partial charge in [0, 0.05) is 13.0 Å². The highest BCUT2D eigenvalue weighted by atomic mass is 28.4. The summed E-state index contributed by atoms with van der Waals surface area (Å²) in [6.45, 7) is 7.86. The molecule has 4 unspecified atom stereocenters. The van der Waals surface area contributed by atoms with Crippen LogP contribution in [0.5, 0.6) is 0 Å². The van der Waals surface area contributed by atoms with E-state index in [-0.39, 0.29) is 10.6 Å². The average Bonchev–Trinajstić information content (AvgIpc) is 3.14. The molecular weight excluding hydrogens is 360 g/mol. The topological polar surface area (TPSA) is 21.8 Å². The van der Waals surface area contributed by atoms with Crippen LogP contribution in [-0.2, 0) is 9.16 Å². The van der Waals surface area contributed by atoms with Crippen LogP contribution in [0, 0.1) is 11.8 Å². The van der Waals surface area contributed by atoms with Gasteiger partial charge in [-0.25, -0.2) is 0 Å². The molecule has 3 heteroatoms. The van der Waals surface area contributed by atoms with E-state index in [4.69, 9.17) is 9.16 Å². The summed E-state index contributed by atoms with van der Waals surface area (Å²) in [6, 6.07) is 21.9. The van der Waals surface area contributed by atoms with Crippen molar-refractivity contribution in [1.29, 1.82) is 0 Å². The van der Waals surface area contributed by atoms with E-state index in [0.717, 1.165) is 24.9 Å². The minimum Gasteiger partial charge on any atom is -0.407 e. The number of rotatable bonds is 6. The van der Waals surface area contributed by atoms with Crippen molar-refractivity contribution in [3.05, 3.63) is 60.7 Å². The first-order valence-corrected chi connectivity index (χ1v) is 12.8. The van der Waals surface area contributed by atoms with E-state index in [0.29, 0.717) is 6.10 Å². The maximum atomic E-state index is 7.09. The maximum Gasteiger partial charge on any atom is 0.261 e. The number of ether oxygens (including phenoxy) is 1. The van der Waals surface area contributed by atoms with Crippen LogP contribution in [0.15, 0.2) is 60.7 Å². The molecule has 0 radical (unpaired) electrons. The fraction of sp³-hybridized carbons (Fsp3) is 0.520. The predicted octanol–water partition coefficient (Wildman–Crippen LogP) is 4.52. The van der Waals surface area contributed by atoms with Gasteiger partial charge < -0.3 is 9.16 Å². The van der Waals surface area contributed by atoms with Crippen LogP contribution in [0.4, 0.5) is 0 Å². The Morgan fingerprint density at radius 3 is 2.07 bits per heavy atom. The molecule has 28 heavy (non-hydrogen) atoms. The van der Waals surface area contributed by atoms with Gasteiger partial charge in [-0.15, -0.1) is 0 Å². The second kappa shape index (κ2) is 6.55. The third kappa shape index (κ3) is 2.67. The lowest BCUT2D eigenvalue weighted by molar-refractivity contribution is 0.157. The van der Waals surface area contributed by atoms with E-state index in [1.54, 1.807) is 0 Å². The summed E-state index contributed by atoms with van der Waals surface area (Å²) in [5.74, 6) is 1.61. The Bertz CT molecular complexity index is 789. The molecule has 4 atom stereocenters. The molecule has 0 amide bonds. The van der Waals surface area contributed by atoms with Crippen molar-refractivity contribution in [2.45, 2.75) is 63.2 Å². The summed E-state index contributed by atoms with van der Waals surface area (Å²) in [4.78, 5) is 0. The normalized spacial score (nSPS) is 31.0. The number of benzene rings is 2. The Labute approximate surface area is 170 Å². The van der Waals surface area contributed by atoms with E-state index in [2.05, 4.69) is 81.4 Å². The third-order valence-electron chi connectivity index (χ3n) is 7.59. The number of hydrogen-bond acceptors (Lipinski definition) is 2. The van der Waals surface area contributed by atoms with Crippen LogP contribution >= 0.6 is 0 Å². The van der Waals surface area contributed by atoms with Crippen LogP contribution < -0.4 is 10.4 Å². The Hall–Kier alpha value is -1.42. The second-order valence-electron chi connectivity index (χ2n) is 10.0. The molecule has 2 nitrogen and oxygen atoms in total. The predicted molar refractivity (Wildman–Crippen MR) is 117 cm³/mol. The molecule has 0 aromatic heterocycles. The standard InChI is InChI=1S/C25H32O2Si/c1-24(2,3)28(21-10-6-4-7-11-21,22-12-8-5-9-13-22)26-17-16-25-20-15-14-19(18-20)23(25)27-25/h4-13,19-20,23H,14-18H2,1-3H3. The monoisotopic (exact) mass is 392 g/mol. The average molecular weight is 393 g/mol. The summed E-state index contributed by atoms with van der Waals surface area (Å²) >= 11 is 0. The molecule has 5 rings (SSSR count). The maximum absolute atomic E-state index is 7.09. The first-order valence-electron chi connectivity index (χ1n) is 10.9. The van der Waals surface area contributed by atoms with Crippen molar-refractivity contribution in [3.8, 4) is 0 Å². The number of fused-ring (bicyclic) bond motifs is 5. The fourth-order valence-electron chi connectivity index (χ4n) is 6.29. The highest BCUT2D eigenvalue weighted by Crippen LogP contribution is 2.65. The zero-order valence-corrected chi connectivity index (χ0v) is 18.4. The van der Waals surface area contributed by atoms with Crippen LogP contribution in [0.2, 0.25) is 5.04 Å². The summed E-state index contributed by atoms with van der Waals surface area (Å²) in [5, 5.41) is 2.78. The highest BCUT2D eigenvalue weighted by Gasteiger charge is 2.71. The lowest BCUT2D eigenvalue weighted by atomic mass is 9.86. The minimum absolute atomic E-state index is 0.0475. The first kappa shape index (κ1) is 18.6. The lowest BCUT2D eigenvalue weighted by Gasteiger charge is -2.43. The molecule has 2 saturated carbocycles. The second-order valence-corrected chi connectivity index (χ2v) is 14.3. The molecule has 1 aliphatic heterocycles. The Balaban J connectivity index is 1.46. The summed E-state index contributed by atoms with van der Waals surface area (Å²) in [6.07, 6.45) is 5.73. The molecule has 2 bridgehead atoms. The quantitative estimate of drug-likeness (QED) is 0.532. The molecule has 1 saturated heterocycles. The van der Waals surface area contributed by atoms with E-state index >= 15 is 0 Å². The Morgan fingerprint density at radius 2 is 1.57 bits per heavy atom. The van der Waals surface area contributed by atoms with Gasteiger partial charge in [0.1, 0.15) is 5.60 Å². The third-order valence-corrected chi connectivity index (χ3v) is 12.6. The van der Waals surface area contributed by atoms with Crippen molar-refractivity contribution in [3.63, 3.8) is 0 Å². The van der Waals surface area contributed by atoms with Crippen molar-refractivity contribution < 1.29 is 9.16 Å². The smallest absolute Gasteiger partial charge is 0.261 e. The zero-order valence-electron chi connectivity index (χ0n) is 17.4. The van der Waals surface area contributed by atoms with Crippen molar-refractivity contribution in [2.24, 2.45) is 11.8 Å². The summed E-state index contributed by atoms with van der Waals surface area (Å²) in [7, 11) is -2.41. The van der Waals surface area contributed by atoms with Crippen molar-refractivity contribution in [2.75, 3.05) is 6.61 Å². The number of hydrogen-bond donors (Lipinski definition) is 0. The van der Waals surface area contributed by atoms with Gasteiger partial charge in [-0.2, -0.15) is 0 Å². The SMILES string of the molecule is CC(C)(C)[Si](OCCC12OC1C1CCC2C1)(c1ccccc1)c1ccccc1. The lowest BCUT2D eigenvalue weighted by Crippen LogP contribution is -2.66. The van der Waals surface area contributed by atoms with Gasteiger partial charge in [0.25, 0.3) is 8.32 Å². The van der Waals surface area contributed by atoms with Crippen LogP contribution in [-0.4, -0.2) is 26.6 Å². The zero-order chi connectivity index (χ0) is 19.4. The Morgan fingerprint density at radius 1 is 0.964 bits per heavy atom. The molecule has 3 fully saturated rings. The van der Waals surface area contributed by atoms with Crippen LogP contribution in [0.3, 0.4) is 0 Å². The first-order chi connectivity index (χ1) is 13.5. The summed E-state index contributed by atoms with van der Waals surface area (Å²) < 4.78 is 13.4. The van der Waals surface area contributed by atoms with E-state index < -0.39 is 8.32 Å². The van der Waals surface area contributed by atoms with E-state index in [1.165, 1.54) is 29.6 Å². The molecule has 148 valence electrons. The minimum atomic E-state index is -2.41. The molecule has 2 aromatic rings. The van der Waals surface area contributed by atoms with Gasteiger partial charge in [-0.1, -0.05) is 81.4 Å². The molecular formula is C25H32O2Si. The van der Waals surface area contributed by atoms with Crippen LogP contribution in [0.1, 0.15) is 46.5 Å². The summed E-state index contributed by atoms with van der Waals surface area (Å²) in [5.41, 5.74) is 0.161. The molecule has 3 aliphatic rings. The Kier molecular flexibility index (Phi) is 4.35. The van der Waals surface area contributed by atoms with Gasteiger partial charge in [0.2, 0.25) is 0 Å². The van der Waals surface area contributed by atoms with Crippen molar-refractivity contribution >= 4 is 18.7 Å². The molecule has 2 aliphatic carbocycles. The van der Waals surface area contributed by atoms with Gasteiger partial charge in [0.15, 0.2) is 0 Å². The fourth-order valence-corrected chi connectivity index (χ4v) is 10.9. The van der Waals surface area contributed by atoms with Gasteiger partial charge in [-0.05, 0) is 46.5 Å². The van der Waals surface area contributed by atoms with Crippen LogP contribution in [0.25, 0.3) is 0 Å².